The summed E-state index contributed by atoms with van der Waals surface area (Å²) in [4.78, 5) is 16.4. The van der Waals surface area contributed by atoms with Crippen LogP contribution in [0.4, 0.5) is 13.2 Å². The van der Waals surface area contributed by atoms with Crippen molar-refractivity contribution < 1.29 is 40.6 Å². The molecule has 0 saturated heterocycles. The molecule has 1 aromatic heterocycles. The van der Waals surface area contributed by atoms with Gasteiger partial charge >= 0.3 is 6.18 Å². The van der Waals surface area contributed by atoms with Crippen LogP contribution < -0.4 is 14.2 Å². The van der Waals surface area contributed by atoms with Crippen molar-refractivity contribution in [2.75, 3.05) is 26.1 Å². The molecule has 0 unspecified atom stereocenters. The van der Waals surface area contributed by atoms with Gasteiger partial charge in [-0.25, -0.2) is 18.1 Å². The van der Waals surface area contributed by atoms with Crippen LogP contribution in [0.15, 0.2) is 36.0 Å². The van der Waals surface area contributed by atoms with E-state index in [0.717, 1.165) is 6.42 Å². The summed E-state index contributed by atoms with van der Waals surface area (Å²) in [6.07, 6.45) is -0.485. The highest BCUT2D eigenvalue weighted by atomic mass is 35.5. The van der Waals surface area contributed by atoms with Crippen LogP contribution in [-0.4, -0.2) is 45.4 Å². The van der Waals surface area contributed by atoms with Crippen molar-refractivity contribution in [1.29, 1.82) is 0 Å². The number of halogens is 4. The smallest absolute Gasteiger partial charge is 0.417 e. The number of amides is 1. The third-order valence-electron chi connectivity index (χ3n) is 5.15. The highest BCUT2D eigenvalue weighted by Gasteiger charge is 2.32. The zero-order valence-corrected chi connectivity index (χ0v) is 22.8. The molecule has 0 aliphatic carbocycles. The van der Waals surface area contributed by atoms with E-state index in [4.69, 9.17) is 25.8 Å². The number of carbonyl (C=O) groups is 1. The third-order valence-corrected chi connectivity index (χ3v) is 6.74. The minimum absolute atomic E-state index is 0.0682. The van der Waals surface area contributed by atoms with Crippen LogP contribution in [0.2, 0.25) is 5.02 Å². The van der Waals surface area contributed by atoms with Crippen LogP contribution >= 0.6 is 11.6 Å². The van der Waals surface area contributed by atoms with E-state index in [2.05, 4.69) is 9.71 Å². The molecule has 1 aromatic carbocycles. The Hall–Kier alpha value is -2.83. The fourth-order valence-electron chi connectivity index (χ4n) is 3.13. The van der Waals surface area contributed by atoms with E-state index in [-0.39, 0.29) is 41.0 Å². The Morgan fingerprint density at radius 2 is 1.89 bits per heavy atom. The number of methoxy groups -OCH3 is 1. The van der Waals surface area contributed by atoms with Crippen LogP contribution in [0.5, 0.6) is 17.4 Å². The van der Waals surface area contributed by atoms with Crippen LogP contribution in [0.25, 0.3) is 6.08 Å². The fourth-order valence-corrected chi connectivity index (χ4v) is 4.44. The molecule has 2 rings (SSSR count). The highest BCUT2D eigenvalue weighted by molar-refractivity contribution is 7.90. The van der Waals surface area contributed by atoms with Gasteiger partial charge in [-0.1, -0.05) is 38.3 Å². The molecule has 38 heavy (non-hydrogen) atoms. The molecule has 0 atom stereocenters. The van der Waals surface area contributed by atoms with Gasteiger partial charge in [0.15, 0.2) is 0 Å². The van der Waals surface area contributed by atoms with Gasteiger partial charge in [-0.3, -0.25) is 4.79 Å². The lowest BCUT2D eigenvalue weighted by Crippen LogP contribution is -2.33. The Morgan fingerprint density at radius 1 is 1.16 bits per heavy atom. The second-order valence-corrected chi connectivity index (χ2v) is 10.4. The number of carbonyl (C=O) groups excluding carboxylic acids is 1. The average molecular weight is 579 g/mol. The van der Waals surface area contributed by atoms with E-state index in [1.54, 1.807) is 19.1 Å². The first-order valence-electron chi connectivity index (χ1n) is 11.8. The lowest BCUT2D eigenvalue weighted by molar-refractivity contribution is -0.137. The number of aromatic nitrogens is 1. The number of hydrogen-bond acceptors (Lipinski definition) is 7. The summed E-state index contributed by atoms with van der Waals surface area (Å²) in [5.41, 5.74) is -0.595. The van der Waals surface area contributed by atoms with Crippen molar-refractivity contribution in [2.45, 2.75) is 45.7 Å². The summed E-state index contributed by atoms with van der Waals surface area (Å²) in [7, 11) is -2.32. The molecule has 1 amide bonds. The first kappa shape index (κ1) is 31.4. The van der Waals surface area contributed by atoms with Gasteiger partial charge in [0.2, 0.25) is 15.9 Å². The Morgan fingerprint density at radius 3 is 2.50 bits per heavy atom. The first-order chi connectivity index (χ1) is 17.9. The molecule has 0 aliphatic heterocycles. The topological polar surface area (TPSA) is 104 Å². The summed E-state index contributed by atoms with van der Waals surface area (Å²) in [6.45, 7) is 4.12. The molecule has 0 fully saturated rings. The monoisotopic (exact) mass is 578 g/mol. The van der Waals surface area contributed by atoms with E-state index in [1.807, 2.05) is 6.92 Å². The number of pyridine rings is 1. The standard InChI is InChI=1S/C25H30ClF3N2O6S/c1-4-6-7-12-38(33,34)31-23(32)17(5-2)13-18-8-9-20(36-11-10-35-3)15-22(18)37-24-21(26)14-19(16-30-24)25(27,28)29/h8-9,13-16H,4-7,10-12H2,1-3H3,(H,31,32). The van der Waals surface area contributed by atoms with Gasteiger partial charge in [0.05, 0.1) is 17.9 Å². The number of nitrogens with one attached hydrogen (secondary N) is 1. The van der Waals surface area contributed by atoms with Gasteiger partial charge < -0.3 is 14.2 Å². The Balaban J connectivity index is 2.41. The lowest BCUT2D eigenvalue weighted by Gasteiger charge is -2.14. The fraction of sp³-hybridized carbons (Fsp3) is 0.440. The van der Waals surface area contributed by atoms with Crippen molar-refractivity contribution in [3.8, 4) is 17.4 Å². The minimum atomic E-state index is -4.64. The Labute approximate surface area is 225 Å². The largest absolute Gasteiger partial charge is 0.491 e. The van der Waals surface area contributed by atoms with Crippen molar-refractivity contribution in [2.24, 2.45) is 0 Å². The predicted molar refractivity (Wildman–Crippen MR) is 138 cm³/mol. The zero-order chi connectivity index (χ0) is 28.3. The zero-order valence-electron chi connectivity index (χ0n) is 21.2. The van der Waals surface area contributed by atoms with E-state index >= 15 is 0 Å². The van der Waals surface area contributed by atoms with Crippen molar-refractivity contribution in [3.63, 3.8) is 0 Å². The van der Waals surface area contributed by atoms with E-state index in [0.29, 0.717) is 43.0 Å². The number of ether oxygens (including phenoxy) is 3. The number of hydrogen-bond donors (Lipinski definition) is 1. The lowest BCUT2D eigenvalue weighted by atomic mass is 10.1. The number of sulfonamides is 1. The van der Waals surface area contributed by atoms with E-state index < -0.39 is 27.7 Å². The maximum absolute atomic E-state index is 13.0. The molecule has 13 heteroatoms. The van der Waals surface area contributed by atoms with Crippen LogP contribution in [-0.2, 0) is 25.7 Å². The summed E-state index contributed by atoms with van der Waals surface area (Å²) in [6, 6.07) is 5.27. The molecule has 1 heterocycles. The minimum Gasteiger partial charge on any atom is -0.491 e. The van der Waals surface area contributed by atoms with Gasteiger partial charge in [-0.15, -0.1) is 0 Å². The van der Waals surface area contributed by atoms with Crippen molar-refractivity contribution >= 4 is 33.6 Å². The van der Waals surface area contributed by atoms with Crippen molar-refractivity contribution in [1.82, 2.24) is 9.71 Å². The Bertz CT molecular complexity index is 1240. The van der Waals surface area contributed by atoms with Crippen LogP contribution in [0.1, 0.15) is 50.7 Å². The average Bonchev–Trinajstić information content (AvgIpc) is 2.84. The molecule has 0 radical (unpaired) electrons. The summed E-state index contributed by atoms with van der Waals surface area (Å²) in [5, 5.41) is -0.382. The quantitative estimate of drug-likeness (QED) is 0.216. The second-order valence-electron chi connectivity index (χ2n) is 8.13. The molecule has 1 N–H and O–H groups in total. The highest BCUT2D eigenvalue weighted by Crippen LogP contribution is 2.37. The number of alkyl halides is 3. The van der Waals surface area contributed by atoms with Crippen molar-refractivity contribution in [3.05, 3.63) is 52.2 Å². The summed E-state index contributed by atoms with van der Waals surface area (Å²) < 4.78 is 81.9. The number of nitrogens with zero attached hydrogens (tertiary/aromatic N) is 1. The number of rotatable bonds is 14. The number of benzene rings is 1. The Kier molecular flexibility index (Phi) is 11.9. The second kappa shape index (κ2) is 14.4. The number of unbranched alkanes of at least 4 members (excludes halogenated alkanes) is 2. The van der Waals surface area contributed by atoms with Gasteiger partial charge in [0.1, 0.15) is 23.1 Å². The van der Waals surface area contributed by atoms with Gasteiger partial charge in [0, 0.05) is 30.5 Å². The maximum Gasteiger partial charge on any atom is 0.417 e. The molecule has 0 bridgehead atoms. The van der Waals surface area contributed by atoms with Gasteiger partial charge in [-0.05, 0) is 37.1 Å². The summed E-state index contributed by atoms with van der Waals surface area (Å²) in [5.74, 6) is -0.855. The van der Waals surface area contributed by atoms with E-state index in [9.17, 15) is 26.4 Å². The van der Waals surface area contributed by atoms with E-state index in [1.165, 1.54) is 19.3 Å². The molecule has 0 spiro atoms. The molecule has 210 valence electrons. The molecular formula is C25H30ClF3N2O6S. The van der Waals surface area contributed by atoms with Crippen LogP contribution in [0.3, 0.4) is 0 Å². The predicted octanol–water partition coefficient (Wildman–Crippen LogP) is 6.00. The summed E-state index contributed by atoms with van der Waals surface area (Å²) >= 11 is 6.01. The normalized spacial score (nSPS) is 12.3. The van der Waals surface area contributed by atoms with Crippen LogP contribution in [0, 0.1) is 0 Å². The molecule has 8 nitrogen and oxygen atoms in total. The SMILES string of the molecule is CCCCCS(=O)(=O)NC(=O)C(=Cc1ccc(OCCOC)cc1Oc1ncc(C(F)(F)F)cc1Cl)CC. The van der Waals surface area contributed by atoms with Gasteiger partial charge in [0.25, 0.3) is 5.91 Å². The first-order valence-corrected chi connectivity index (χ1v) is 13.8. The maximum atomic E-state index is 13.0. The molecule has 2 aromatic rings. The molecular weight excluding hydrogens is 549 g/mol. The van der Waals surface area contributed by atoms with Gasteiger partial charge in [-0.2, -0.15) is 13.2 Å². The third kappa shape index (κ3) is 9.80. The molecule has 0 saturated carbocycles. The molecule has 0 aliphatic rings.